The van der Waals surface area contributed by atoms with Crippen LogP contribution in [-0.4, -0.2) is 26.7 Å². The fourth-order valence-electron chi connectivity index (χ4n) is 4.21. The van der Waals surface area contributed by atoms with Crippen LogP contribution in [0.4, 0.5) is 11.6 Å². The summed E-state index contributed by atoms with van der Waals surface area (Å²) < 4.78 is 0. The number of nitrogen functional groups attached to an aromatic ring is 1. The zero-order valence-corrected chi connectivity index (χ0v) is 15.6. The minimum Gasteiger partial charge on any atom is -0.383 e. The summed E-state index contributed by atoms with van der Waals surface area (Å²) in [5.41, 5.74) is 7.47. The van der Waals surface area contributed by atoms with Crippen molar-refractivity contribution in [1.29, 1.82) is 5.41 Å². The summed E-state index contributed by atoms with van der Waals surface area (Å²) in [6, 6.07) is 2.10. The molecule has 7 heteroatoms. The van der Waals surface area contributed by atoms with Gasteiger partial charge in [0.2, 0.25) is 0 Å². The molecule has 5 rings (SSSR count). The number of hydrogen-bond acceptors (Lipinski definition) is 6. The summed E-state index contributed by atoms with van der Waals surface area (Å²) in [5.74, 6) is 2.96. The molecule has 3 fully saturated rings. The Morgan fingerprint density at radius 1 is 1.23 bits per heavy atom. The molecular weight excluding hydrogens is 348 g/mol. The quantitative estimate of drug-likeness (QED) is 0.710. The van der Waals surface area contributed by atoms with E-state index < -0.39 is 0 Å². The van der Waals surface area contributed by atoms with Crippen LogP contribution in [-0.2, 0) is 0 Å². The Bertz CT molecular complexity index is 844. The maximum absolute atomic E-state index is 8.45. The molecule has 136 valence electrons. The first-order valence-corrected chi connectivity index (χ1v) is 9.49. The number of pyridine rings is 1. The second-order valence-electron chi connectivity index (χ2n) is 7.45. The molecule has 0 unspecified atom stereocenters. The van der Waals surface area contributed by atoms with E-state index in [0.29, 0.717) is 22.5 Å². The number of aryl methyl sites for hydroxylation is 1. The van der Waals surface area contributed by atoms with Crippen LogP contribution in [0.2, 0.25) is 5.02 Å². The summed E-state index contributed by atoms with van der Waals surface area (Å²) in [4.78, 5) is 13.0. The molecule has 0 aromatic carbocycles. The molecule has 26 heavy (non-hydrogen) atoms. The van der Waals surface area contributed by atoms with Crippen molar-refractivity contribution in [3.05, 3.63) is 40.4 Å². The summed E-state index contributed by atoms with van der Waals surface area (Å²) in [5, 5.41) is 12.5. The van der Waals surface area contributed by atoms with E-state index in [-0.39, 0.29) is 11.5 Å². The Balaban J connectivity index is 1.60. The van der Waals surface area contributed by atoms with Gasteiger partial charge in [-0.15, -0.1) is 0 Å². The van der Waals surface area contributed by atoms with Crippen molar-refractivity contribution in [1.82, 2.24) is 15.0 Å². The molecule has 2 aromatic rings. The Morgan fingerprint density at radius 3 is 2.69 bits per heavy atom. The molecule has 0 radical (unpaired) electrons. The molecule has 0 amide bonds. The third-order valence-corrected chi connectivity index (χ3v) is 5.93. The van der Waals surface area contributed by atoms with Gasteiger partial charge in [-0.05, 0) is 44.1 Å². The fourth-order valence-corrected chi connectivity index (χ4v) is 4.37. The van der Waals surface area contributed by atoms with Gasteiger partial charge in [0, 0.05) is 29.6 Å². The number of hydrogen-bond donors (Lipinski definition) is 3. The van der Waals surface area contributed by atoms with Gasteiger partial charge in [-0.2, -0.15) is 0 Å². The molecule has 0 spiro atoms. The Labute approximate surface area is 158 Å². The predicted molar refractivity (Wildman–Crippen MR) is 104 cm³/mol. The molecule has 0 saturated heterocycles. The molecule has 6 nitrogen and oxygen atoms in total. The van der Waals surface area contributed by atoms with Crippen LogP contribution in [0.1, 0.15) is 49.1 Å². The van der Waals surface area contributed by atoms with Crippen LogP contribution >= 0.6 is 11.6 Å². The molecular formula is C19H23ClN6. The van der Waals surface area contributed by atoms with Gasteiger partial charge >= 0.3 is 0 Å². The number of halogens is 1. The van der Waals surface area contributed by atoms with Crippen molar-refractivity contribution in [2.45, 2.75) is 45.1 Å². The highest BCUT2D eigenvalue weighted by Gasteiger charge is 2.35. The Morgan fingerprint density at radius 2 is 2.00 bits per heavy atom. The molecule has 4 N–H and O–H groups in total. The molecule has 0 aliphatic heterocycles. The predicted octanol–water partition coefficient (Wildman–Crippen LogP) is 3.82. The highest BCUT2D eigenvalue weighted by Crippen LogP contribution is 2.42. The van der Waals surface area contributed by atoms with Gasteiger partial charge in [-0.3, -0.25) is 5.41 Å². The number of anilines is 2. The number of fused-ring (bicyclic) bond motifs is 3. The lowest BCUT2D eigenvalue weighted by atomic mass is 9.68. The fraction of sp³-hybridized carbons (Fsp3) is 0.474. The maximum Gasteiger partial charge on any atom is 0.180 e. The van der Waals surface area contributed by atoms with Crippen LogP contribution in [0.25, 0.3) is 0 Å². The average molecular weight is 371 g/mol. The third-order valence-electron chi connectivity index (χ3n) is 5.72. The van der Waals surface area contributed by atoms with E-state index in [1.54, 1.807) is 12.3 Å². The number of nitrogens with two attached hydrogens (primary N) is 1. The largest absolute Gasteiger partial charge is 0.383 e. The van der Waals surface area contributed by atoms with Crippen molar-refractivity contribution in [2.24, 2.45) is 11.8 Å². The minimum atomic E-state index is 0.130. The zero-order valence-electron chi connectivity index (χ0n) is 14.8. The van der Waals surface area contributed by atoms with Gasteiger partial charge in [0.15, 0.2) is 5.82 Å². The lowest BCUT2D eigenvalue weighted by Crippen LogP contribution is -2.40. The van der Waals surface area contributed by atoms with Crippen molar-refractivity contribution < 1.29 is 0 Å². The standard InChI is InChI=1S/C19H23ClN6/c1-10-8-24-19(16(21)14-7-13(20)9-23-17(14)22)26-18(10)25-15-6-11-2-4-12(15)5-3-11/h7-9,11-12,15,21H,2-6H2,1H3,(H2,22,23)(H,24,25,26)/t11?,12?,15-/m0/s1. The van der Waals surface area contributed by atoms with Crippen LogP contribution in [0, 0.1) is 24.2 Å². The van der Waals surface area contributed by atoms with E-state index in [1.807, 2.05) is 6.92 Å². The number of nitrogens with one attached hydrogen (secondary N) is 2. The number of aromatic nitrogens is 3. The normalized spacial score (nSPS) is 24.5. The van der Waals surface area contributed by atoms with Crippen LogP contribution in [0.15, 0.2) is 18.5 Å². The van der Waals surface area contributed by atoms with E-state index in [0.717, 1.165) is 23.2 Å². The van der Waals surface area contributed by atoms with Crippen molar-refractivity contribution in [2.75, 3.05) is 11.1 Å². The van der Waals surface area contributed by atoms with E-state index in [1.165, 1.54) is 38.3 Å². The molecule has 3 saturated carbocycles. The second-order valence-corrected chi connectivity index (χ2v) is 7.89. The second kappa shape index (κ2) is 6.83. The first kappa shape index (κ1) is 17.2. The lowest BCUT2D eigenvalue weighted by Gasteiger charge is -2.43. The average Bonchev–Trinajstić information content (AvgIpc) is 2.66. The lowest BCUT2D eigenvalue weighted by molar-refractivity contribution is 0.157. The summed E-state index contributed by atoms with van der Waals surface area (Å²) in [6.07, 6.45) is 9.78. The van der Waals surface area contributed by atoms with Gasteiger partial charge in [0.25, 0.3) is 0 Å². The highest BCUT2D eigenvalue weighted by molar-refractivity contribution is 6.31. The van der Waals surface area contributed by atoms with Gasteiger partial charge < -0.3 is 11.1 Å². The minimum absolute atomic E-state index is 0.130. The van der Waals surface area contributed by atoms with Crippen molar-refractivity contribution in [3.63, 3.8) is 0 Å². The van der Waals surface area contributed by atoms with E-state index in [2.05, 4.69) is 20.3 Å². The molecule has 2 heterocycles. The first-order chi connectivity index (χ1) is 12.5. The zero-order chi connectivity index (χ0) is 18.3. The third kappa shape index (κ3) is 3.26. The van der Waals surface area contributed by atoms with Crippen LogP contribution in [0.5, 0.6) is 0 Å². The smallest absolute Gasteiger partial charge is 0.180 e. The van der Waals surface area contributed by atoms with Crippen LogP contribution < -0.4 is 11.1 Å². The maximum atomic E-state index is 8.45. The molecule has 2 bridgehead atoms. The number of nitrogens with zero attached hydrogens (tertiary/aromatic N) is 3. The van der Waals surface area contributed by atoms with Crippen LogP contribution in [0.3, 0.4) is 0 Å². The number of rotatable bonds is 4. The van der Waals surface area contributed by atoms with E-state index in [4.69, 9.17) is 22.7 Å². The van der Waals surface area contributed by atoms with Gasteiger partial charge in [-0.1, -0.05) is 24.4 Å². The SMILES string of the molecule is Cc1cnc(C(=N)c2cc(Cl)cnc2N)nc1N[C@H]1CC2CCC1CC2. The molecule has 3 aliphatic rings. The van der Waals surface area contributed by atoms with Gasteiger partial charge in [-0.25, -0.2) is 15.0 Å². The Hall–Kier alpha value is -2.21. The summed E-state index contributed by atoms with van der Waals surface area (Å²) in [7, 11) is 0. The summed E-state index contributed by atoms with van der Waals surface area (Å²) >= 11 is 6.00. The van der Waals surface area contributed by atoms with Gasteiger partial charge in [0.1, 0.15) is 17.3 Å². The van der Waals surface area contributed by atoms with Crippen molar-refractivity contribution >= 4 is 28.9 Å². The molecule has 3 aliphatic carbocycles. The molecule has 1 atom stereocenters. The van der Waals surface area contributed by atoms with Crippen molar-refractivity contribution in [3.8, 4) is 0 Å². The van der Waals surface area contributed by atoms with E-state index in [9.17, 15) is 0 Å². The van der Waals surface area contributed by atoms with E-state index >= 15 is 0 Å². The monoisotopic (exact) mass is 370 g/mol. The highest BCUT2D eigenvalue weighted by atomic mass is 35.5. The summed E-state index contributed by atoms with van der Waals surface area (Å²) in [6.45, 7) is 1.99. The van der Waals surface area contributed by atoms with Gasteiger partial charge in [0.05, 0.1) is 5.02 Å². The molecule has 2 aromatic heterocycles. The first-order valence-electron chi connectivity index (χ1n) is 9.11. The topological polar surface area (TPSA) is 101 Å². The Kier molecular flexibility index (Phi) is 4.53.